The number of benzene rings is 1. The molecule has 1 aromatic carbocycles. The molecule has 1 aliphatic rings. The smallest absolute Gasteiger partial charge is 0.256 e. The van der Waals surface area contributed by atoms with Crippen molar-refractivity contribution < 1.29 is 9.59 Å². The maximum atomic E-state index is 12.6. The number of hydrogen-bond acceptors (Lipinski definition) is 3. The maximum Gasteiger partial charge on any atom is 0.256 e. The molecule has 2 amide bonds. The number of nitrogens with one attached hydrogen (secondary N) is 2. The van der Waals surface area contributed by atoms with E-state index in [1.165, 1.54) is 0 Å². The molecule has 0 spiro atoms. The van der Waals surface area contributed by atoms with Crippen LogP contribution in [0.4, 0.5) is 0 Å². The predicted molar refractivity (Wildman–Crippen MR) is 80.9 cm³/mol. The predicted octanol–water partition coefficient (Wildman–Crippen LogP) is 1.26. The normalized spacial score (nSPS) is 18.8. The number of halogens is 2. The van der Waals surface area contributed by atoms with Crippen molar-refractivity contribution in [2.45, 2.75) is 6.04 Å². The number of likely N-dealkylation sites (N-methyl/N-ethyl adjacent to an activating group) is 1. The summed E-state index contributed by atoms with van der Waals surface area (Å²) in [5, 5.41) is 6.08. The number of piperazine rings is 1. The summed E-state index contributed by atoms with van der Waals surface area (Å²) in [5.74, 6) is -0.414. The molecule has 108 valence electrons. The van der Waals surface area contributed by atoms with Gasteiger partial charge in [0.2, 0.25) is 5.91 Å². The van der Waals surface area contributed by atoms with Crippen LogP contribution in [0.25, 0.3) is 0 Å². The number of carbonyl (C=O) groups is 2. The van der Waals surface area contributed by atoms with Gasteiger partial charge in [-0.15, -0.1) is 0 Å². The molecule has 2 N–H and O–H groups in total. The highest BCUT2D eigenvalue weighted by Gasteiger charge is 2.32. The number of nitrogens with zero attached hydrogens (tertiary/aromatic N) is 1. The minimum atomic E-state index is -0.517. The zero-order chi connectivity index (χ0) is 14.7. The van der Waals surface area contributed by atoms with Gasteiger partial charge >= 0.3 is 0 Å². The van der Waals surface area contributed by atoms with E-state index in [1.807, 2.05) is 0 Å². The van der Waals surface area contributed by atoms with E-state index in [2.05, 4.69) is 26.6 Å². The topological polar surface area (TPSA) is 61.4 Å². The minimum absolute atomic E-state index is 0.184. The van der Waals surface area contributed by atoms with Crippen LogP contribution >= 0.6 is 27.5 Å². The molecule has 1 heterocycles. The molecule has 7 heteroatoms. The lowest BCUT2D eigenvalue weighted by Gasteiger charge is -2.35. The van der Waals surface area contributed by atoms with Crippen LogP contribution < -0.4 is 10.6 Å². The molecule has 0 aromatic heterocycles. The van der Waals surface area contributed by atoms with E-state index in [1.54, 1.807) is 30.1 Å². The fraction of sp³-hybridized carbons (Fsp3) is 0.385. The fourth-order valence-electron chi connectivity index (χ4n) is 2.16. The van der Waals surface area contributed by atoms with Crippen molar-refractivity contribution >= 4 is 39.3 Å². The highest BCUT2D eigenvalue weighted by Crippen LogP contribution is 2.23. The molecular formula is C13H15BrClN3O2. The quantitative estimate of drug-likeness (QED) is 0.835. The van der Waals surface area contributed by atoms with E-state index >= 15 is 0 Å². The summed E-state index contributed by atoms with van der Waals surface area (Å²) in [7, 11) is 1.56. The van der Waals surface area contributed by atoms with Gasteiger partial charge in [-0.3, -0.25) is 9.59 Å². The lowest BCUT2D eigenvalue weighted by atomic mass is 10.1. The molecule has 1 atom stereocenters. The van der Waals surface area contributed by atoms with E-state index in [0.29, 0.717) is 30.2 Å². The molecule has 0 aliphatic carbocycles. The van der Waals surface area contributed by atoms with Gasteiger partial charge in [0, 0.05) is 31.2 Å². The van der Waals surface area contributed by atoms with Crippen molar-refractivity contribution in [1.82, 2.24) is 15.5 Å². The van der Waals surface area contributed by atoms with Gasteiger partial charge in [0.05, 0.1) is 10.6 Å². The summed E-state index contributed by atoms with van der Waals surface area (Å²) in [4.78, 5) is 26.1. The van der Waals surface area contributed by atoms with Gasteiger partial charge in [0.25, 0.3) is 5.91 Å². The largest absolute Gasteiger partial charge is 0.357 e. The van der Waals surface area contributed by atoms with E-state index in [-0.39, 0.29) is 11.8 Å². The fourth-order valence-corrected chi connectivity index (χ4v) is 2.72. The van der Waals surface area contributed by atoms with Gasteiger partial charge in [0.15, 0.2) is 0 Å². The second-order valence-corrected chi connectivity index (χ2v) is 5.78. The third-order valence-electron chi connectivity index (χ3n) is 3.21. The van der Waals surface area contributed by atoms with Crippen molar-refractivity contribution in [3.63, 3.8) is 0 Å². The van der Waals surface area contributed by atoms with Crippen LogP contribution in [0.15, 0.2) is 22.7 Å². The van der Waals surface area contributed by atoms with Crippen LogP contribution in [0.3, 0.4) is 0 Å². The molecule has 1 fully saturated rings. The molecule has 0 radical (unpaired) electrons. The SMILES string of the molecule is CNC(=O)C1CNCCN1C(=O)c1cc(Br)ccc1Cl. The standard InChI is InChI=1S/C13H15BrClN3O2/c1-16-12(19)11-7-17-4-5-18(11)13(20)9-6-8(14)2-3-10(9)15/h2-3,6,11,17H,4-5,7H2,1H3,(H,16,19). The van der Waals surface area contributed by atoms with E-state index < -0.39 is 6.04 Å². The highest BCUT2D eigenvalue weighted by atomic mass is 79.9. The Hall–Kier alpha value is -1.11. The zero-order valence-corrected chi connectivity index (χ0v) is 13.3. The number of hydrogen-bond donors (Lipinski definition) is 2. The Morgan fingerprint density at radius 3 is 2.95 bits per heavy atom. The van der Waals surface area contributed by atoms with Gasteiger partial charge in [-0.2, -0.15) is 0 Å². The van der Waals surface area contributed by atoms with Gasteiger partial charge in [-0.25, -0.2) is 0 Å². The molecule has 1 aromatic rings. The zero-order valence-electron chi connectivity index (χ0n) is 11.0. The van der Waals surface area contributed by atoms with Gasteiger partial charge in [-0.1, -0.05) is 27.5 Å². The number of rotatable bonds is 2. The molecule has 20 heavy (non-hydrogen) atoms. The van der Waals surface area contributed by atoms with E-state index in [0.717, 1.165) is 4.47 Å². The first kappa shape index (κ1) is 15.3. The first-order chi connectivity index (χ1) is 9.54. The molecule has 0 saturated carbocycles. The molecule has 1 unspecified atom stereocenters. The van der Waals surface area contributed by atoms with E-state index in [4.69, 9.17) is 11.6 Å². The lowest BCUT2D eigenvalue weighted by Crippen LogP contribution is -2.59. The average molecular weight is 361 g/mol. The Kier molecular flexibility index (Phi) is 5.01. The maximum absolute atomic E-state index is 12.6. The summed E-state index contributed by atoms with van der Waals surface area (Å²) >= 11 is 9.41. The first-order valence-electron chi connectivity index (χ1n) is 6.23. The van der Waals surface area contributed by atoms with Crippen molar-refractivity contribution in [3.8, 4) is 0 Å². The van der Waals surface area contributed by atoms with Gasteiger partial charge in [0.1, 0.15) is 6.04 Å². The second kappa shape index (κ2) is 6.56. The van der Waals surface area contributed by atoms with Crippen molar-refractivity contribution in [1.29, 1.82) is 0 Å². The monoisotopic (exact) mass is 359 g/mol. The van der Waals surface area contributed by atoms with Crippen LogP contribution in [-0.2, 0) is 4.79 Å². The molecule has 2 rings (SSSR count). The molecule has 5 nitrogen and oxygen atoms in total. The summed E-state index contributed by atoms with van der Waals surface area (Å²) in [6.45, 7) is 1.57. The van der Waals surface area contributed by atoms with E-state index in [9.17, 15) is 9.59 Å². The molecule has 1 aliphatic heterocycles. The Balaban J connectivity index is 2.30. The van der Waals surface area contributed by atoms with Crippen molar-refractivity contribution in [2.75, 3.05) is 26.7 Å². The third-order valence-corrected chi connectivity index (χ3v) is 4.03. The summed E-state index contributed by atoms with van der Waals surface area (Å²) in [5.41, 5.74) is 0.400. The Bertz CT molecular complexity index is 538. The number of carbonyl (C=O) groups excluding carboxylic acids is 2. The molecule has 1 saturated heterocycles. The van der Waals surface area contributed by atoms with Gasteiger partial charge < -0.3 is 15.5 Å². The molecular weight excluding hydrogens is 346 g/mol. The number of amides is 2. The minimum Gasteiger partial charge on any atom is -0.357 e. The van der Waals surface area contributed by atoms with Crippen molar-refractivity contribution in [3.05, 3.63) is 33.3 Å². The Morgan fingerprint density at radius 2 is 2.25 bits per heavy atom. The van der Waals surface area contributed by atoms with Crippen LogP contribution in [0.5, 0.6) is 0 Å². The summed E-state index contributed by atoms with van der Waals surface area (Å²) in [6.07, 6.45) is 0. The summed E-state index contributed by atoms with van der Waals surface area (Å²) in [6, 6.07) is 4.59. The highest BCUT2D eigenvalue weighted by molar-refractivity contribution is 9.10. The second-order valence-electron chi connectivity index (χ2n) is 4.46. The van der Waals surface area contributed by atoms with Crippen molar-refractivity contribution in [2.24, 2.45) is 0 Å². The molecule has 0 bridgehead atoms. The average Bonchev–Trinajstić information content (AvgIpc) is 2.48. The summed E-state index contributed by atoms with van der Waals surface area (Å²) < 4.78 is 0.775. The third kappa shape index (κ3) is 3.13. The Labute approximate surface area is 130 Å². The first-order valence-corrected chi connectivity index (χ1v) is 7.40. The van der Waals surface area contributed by atoms with Crippen LogP contribution in [0.1, 0.15) is 10.4 Å². The Morgan fingerprint density at radius 1 is 1.50 bits per heavy atom. The van der Waals surface area contributed by atoms with Crippen LogP contribution in [0, 0.1) is 0 Å². The van der Waals surface area contributed by atoms with Crippen LogP contribution in [-0.4, -0.2) is 49.4 Å². The lowest BCUT2D eigenvalue weighted by molar-refractivity contribution is -0.125. The van der Waals surface area contributed by atoms with Crippen LogP contribution in [0.2, 0.25) is 5.02 Å². The van der Waals surface area contributed by atoms with Gasteiger partial charge in [-0.05, 0) is 18.2 Å².